The van der Waals surface area contributed by atoms with E-state index in [-0.39, 0.29) is 0 Å². The first-order valence-corrected chi connectivity index (χ1v) is 6.24. The van der Waals surface area contributed by atoms with Crippen LogP contribution in [0.3, 0.4) is 0 Å². The van der Waals surface area contributed by atoms with Crippen LogP contribution in [0.2, 0.25) is 0 Å². The topological polar surface area (TPSA) is 95.6 Å². The number of benzene rings is 1. The van der Waals surface area contributed by atoms with Gasteiger partial charge in [0.05, 0.1) is 5.54 Å². The smallest absolute Gasteiger partial charge is 0.328 e. The summed E-state index contributed by atoms with van der Waals surface area (Å²) in [6.07, 6.45) is 4.52. The molecule has 1 atom stereocenters. The fraction of sp³-hybridized carbons (Fsp3) is 0.357. The number of nitrogens with one attached hydrogen (secondary N) is 1. The minimum absolute atomic E-state index is 0.526. The molecule has 0 aliphatic heterocycles. The Labute approximate surface area is 111 Å². The molecule has 1 fully saturated rings. The number of carboxylic acid groups (broad SMARTS) is 1. The molecule has 0 saturated heterocycles. The number of rotatable bonds is 5. The van der Waals surface area contributed by atoms with Crippen LogP contribution in [0.15, 0.2) is 30.3 Å². The van der Waals surface area contributed by atoms with Gasteiger partial charge in [0.2, 0.25) is 0 Å². The maximum absolute atomic E-state index is 10.4. The zero-order valence-corrected chi connectivity index (χ0v) is 10.5. The molecule has 0 bridgehead atoms. The van der Waals surface area contributed by atoms with Crippen molar-refractivity contribution < 1.29 is 15.0 Å². The highest BCUT2D eigenvalue weighted by molar-refractivity contribution is 5.85. The minimum atomic E-state index is -0.979. The van der Waals surface area contributed by atoms with E-state index in [1.165, 1.54) is 6.08 Å². The summed E-state index contributed by atoms with van der Waals surface area (Å²) in [5.41, 5.74) is 7.04. The van der Waals surface area contributed by atoms with Crippen molar-refractivity contribution in [3.05, 3.63) is 35.9 Å². The third-order valence-electron chi connectivity index (χ3n) is 3.46. The van der Waals surface area contributed by atoms with Crippen LogP contribution in [-0.4, -0.2) is 27.9 Å². The second-order valence-electron chi connectivity index (χ2n) is 4.93. The fourth-order valence-corrected chi connectivity index (χ4v) is 2.02. The molecule has 1 aliphatic rings. The van der Waals surface area contributed by atoms with Crippen molar-refractivity contribution >= 4 is 17.7 Å². The first-order valence-electron chi connectivity index (χ1n) is 6.24. The number of aliphatic carboxylic acids is 1. The summed E-state index contributed by atoms with van der Waals surface area (Å²) in [6, 6.07) is 7.12. The van der Waals surface area contributed by atoms with Crippen molar-refractivity contribution in [2.24, 2.45) is 5.73 Å². The number of carboxylic acids is 1. The Bertz CT molecular complexity index is 478. The lowest BCUT2D eigenvalue weighted by Gasteiger charge is -2.42. The molecule has 1 aromatic rings. The average Bonchev–Trinajstić information content (AvgIpc) is 2.35. The first kappa shape index (κ1) is 13.6. The molecule has 0 aromatic heterocycles. The summed E-state index contributed by atoms with van der Waals surface area (Å²) >= 11 is 0. The molecular formula is C14H18N2O3. The SMILES string of the molecule is NC1(C(O)Nc2ccc(/C=C/C(=O)O)cc2)CCC1. The molecule has 0 spiro atoms. The predicted molar refractivity (Wildman–Crippen MR) is 73.5 cm³/mol. The van der Waals surface area contributed by atoms with Crippen LogP contribution in [0.5, 0.6) is 0 Å². The van der Waals surface area contributed by atoms with E-state index in [0.717, 1.165) is 36.6 Å². The van der Waals surface area contributed by atoms with Crippen molar-refractivity contribution in [3.8, 4) is 0 Å². The lowest BCUT2D eigenvalue weighted by Crippen LogP contribution is -2.59. The summed E-state index contributed by atoms with van der Waals surface area (Å²) < 4.78 is 0. The largest absolute Gasteiger partial charge is 0.478 e. The van der Waals surface area contributed by atoms with Gasteiger partial charge in [-0.2, -0.15) is 0 Å². The van der Waals surface area contributed by atoms with E-state index in [2.05, 4.69) is 5.32 Å². The standard InChI is InChI=1S/C14H18N2O3/c15-14(8-1-9-14)13(19)16-11-5-2-10(3-6-11)4-7-12(17)18/h2-7,13,16,19H,1,8-9,15H2,(H,17,18)/b7-4+. The van der Waals surface area contributed by atoms with E-state index < -0.39 is 17.7 Å². The Kier molecular flexibility index (Phi) is 3.87. The number of nitrogens with two attached hydrogens (primary N) is 1. The highest BCUT2D eigenvalue weighted by Crippen LogP contribution is 2.32. The number of hydrogen-bond acceptors (Lipinski definition) is 4. The summed E-state index contributed by atoms with van der Waals surface area (Å²) in [7, 11) is 0. The van der Waals surface area contributed by atoms with Gasteiger partial charge in [-0.3, -0.25) is 0 Å². The lowest BCUT2D eigenvalue weighted by molar-refractivity contribution is -0.131. The van der Waals surface area contributed by atoms with Crippen LogP contribution in [0.1, 0.15) is 24.8 Å². The second kappa shape index (κ2) is 5.42. The van der Waals surface area contributed by atoms with E-state index in [9.17, 15) is 9.90 Å². The molecule has 1 saturated carbocycles. The summed E-state index contributed by atoms with van der Waals surface area (Å²) in [4.78, 5) is 10.4. The number of aliphatic hydroxyl groups excluding tert-OH is 1. The monoisotopic (exact) mass is 262 g/mol. The van der Waals surface area contributed by atoms with Crippen molar-refractivity contribution in [2.45, 2.75) is 31.0 Å². The number of aliphatic hydroxyl groups is 1. The molecule has 5 heteroatoms. The van der Waals surface area contributed by atoms with Gasteiger partial charge < -0.3 is 21.3 Å². The summed E-state index contributed by atoms with van der Waals surface area (Å²) in [6.45, 7) is 0. The molecule has 0 heterocycles. The van der Waals surface area contributed by atoms with Gasteiger partial charge in [-0.25, -0.2) is 4.79 Å². The zero-order valence-electron chi connectivity index (χ0n) is 10.5. The fourth-order valence-electron chi connectivity index (χ4n) is 2.02. The molecule has 1 aliphatic carbocycles. The molecule has 1 unspecified atom stereocenters. The predicted octanol–water partition coefficient (Wildman–Crippen LogP) is 1.40. The second-order valence-corrected chi connectivity index (χ2v) is 4.93. The first-order chi connectivity index (χ1) is 8.99. The Morgan fingerprint density at radius 2 is 2.00 bits per heavy atom. The van der Waals surface area contributed by atoms with Crippen LogP contribution >= 0.6 is 0 Å². The van der Waals surface area contributed by atoms with Gasteiger partial charge in [-0.1, -0.05) is 12.1 Å². The molecule has 5 nitrogen and oxygen atoms in total. The van der Waals surface area contributed by atoms with Gasteiger partial charge in [0.25, 0.3) is 0 Å². The minimum Gasteiger partial charge on any atom is -0.478 e. The normalized spacial score (nSPS) is 18.8. The van der Waals surface area contributed by atoms with Gasteiger partial charge in [0.1, 0.15) is 6.23 Å². The Morgan fingerprint density at radius 3 is 2.47 bits per heavy atom. The van der Waals surface area contributed by atoms with Gasteiger partial charge in [-0.05, 0) is 43.0 Å². The number of anilines is 1. The molecular weight excluding hydrogens is 244 g/mol. The van der Waals surface area contributed by atoms with E-state index >= 15 is 0 Å². The highest BCUT2D eigenvalue weighted by atomic mass is 16.4. The molecule has 102 valence electrons. The maximum Gasteiger partial charge on any atom is 0.328 e. The van der Waals surface area contributed by atoms with Crippen LogP contribution in [0.25, 0.3) is 6.08 Å². The lowest BCUT2D eigenvalue weighted by atomic mass is 9.76. The van der Waals surface area contributed by atoms with Crippen LogP contribution in [0.4, 0.5) is 5.69 Å². The zero-order chi connectivity index (χ0) is 13.9. The van der Waals surface area contributed by atoms with Gasteiger partial charge in [0.15, 0.2) is 0 Å². The molecule has 5 N–H and O–H groups in total. The number of hydrogen-bond donors (Lipinski definition) is 4. The van der Waals surface area contributed by atoms with Crippen molar-refractivity contribution in [2.75, 3.05) is 5.32 Å². The summed E-state index contributed by atoms with van der Waals surface area (Å²) in [5.74, 6) is -0.979. The van der Waals surface area contributed by atoms with Crippen LogP contribution in [-0.2, 0) is 4.79 Å². The molecule has 2 rings (SSSR count). The van der Waals surface area contributed by atoms with Gasteiger partial charge in [0, 0.05) is 11.8 Å². The Hall–Kier alpha value is -1.85. The van der Waals surface area contributed by atoms with Crippen LogP contribution < -0.4 is 11.1 Å². The van der Waals surface area contributed by atoms with Crippen molar-refractivity contribution in [1.29, 1.82) is 0 Å². The quantitative estimate of drug-likeness (QED) is 0.475. The number of carbonyl (C=O) groups is 1. The average molecular weight is 262 g/mol. The molecule has 19 heavy (non-hydrogen) atoms. The Balaban J connectivity index is 1.97. The van der Waals surface area contributed by atoms with E-state index in [4.69, 9.17) is 10.8 Å². The van der Waals surface area contributed by atoms with E-state index in [0.29, 0.717) is 0 Å². The highest BCUT2D eigenvalue weighted by Gasteiger charge is 2.39. The molecule has 0 radical (unpaired) electrons. The summed E-state index contributed by atoms with van der Waals surface area (Å²) in [5, 5.41) is 21.5. The van der Waals surface area contributed by atoms with E-state index in [1.54, 1.807) is 24.3 Å². The Morgan fingerprint density at radius 1 is 1.37 bits per heavy atom. The van der Waals surface area contributed by atoms with Crippen molar-refractivity contribution in [1.82, 2.24) is 0 Å². The van der Waals surface area contributed by atoms with E-state index in [1.807, 2.05) is 0 Å². The van der Waals surface area contributed by atoms with Crippen LogP contribution in [0, 0.1) is 0 Å². The van der Waals surface area contributed by atoms with Crippen molar-refractivity contribution in [3.63, 3.8) is 0 Å². The van der Waals surface area contributed by atoms with Gasteiger partial charge in [-0.15, -0.1) is 0 Å². The maximum atomic E-state index is 10.4. The molecule has 0 amide bonds. The van der Waals surface area contributed by atoms with Gasteiger partial charge >= 0.3 is 5.97 Å². The molecule has 1 aromatic carbocycles. The third-order valence-corrected chi connectivity index (χ3v) is 3.46. The third kappa shape index (κ3) is 3.33.